The molecule has 0 spiro atoms. The molecule has 0 bridgehead atoms. The van der Waals surface area contributed by atoms with Gasteiger partial charge in [0.05, 0.1) is 5.69 Å². The first-order valence-electron chi connectivity index (χ1n) is 8.32. The molecule has 1 N–H and O–H groups in total. The van der Waals surface area contributed by atoms with E-state index >= 15 is 0 Å². The summed E-state index contributed by atoms with van der Waals surface area (Å²) in [5.74, 6) is -3.02. The van der Waals surface area contributed by atoms with Crippen molar-refractivity contribution in [2.24, 2.45) is 13.0 Å². The first-order valence-corrected chi connectivity index (χ1v) is 8.32. The molecular weight excluding hydrogens is 326 g/mol. The molecule has 0 saturated carbocycles. The second-order valence-electron chi connectivity index (χ2n) is 6.64. The summed E-state index contributed by atoms with van der Waals surface area (Å²) in [7, 11) is 1.74. The Balaban J connectivity index is 1.74. The first-order chi connectivity index (χ1) is 11.8. The highest BCUT2D eigenvalue weighted by molar-refractivity contribution is 5.89. The summed E-state index contributed by atoms with van der Waals surface area (Å²) in [6, 6.07) is 9.28. The molecule has 0 aliphatic carbocycles. The third-order valence-corrected chi connectivity index (χ3v) is 4.75. The van der Waals surface area contributed by atoms with Crippen LogP contribution in [0.25, 0.3) is 11.3 Å². The summed E-state index contributed by atoms with van der Waals surface area (Å²) in [5.41, 5.74) is 2.84. The lowest BCUT2D eigenvalue weighted by molar-refractivity contribution is -0.0899. The number of rotatable bonds is 2. The van der Waals surface area contributed by atoms with Gasteiger partial charge in [-0.3, -0.25) is 10.00 Å². The van der Waals surface area contributed by atoms with E-state index in [9.17, 15) is 13.6 Å². The summed E-state index contributed by atoms with van der Waals surface area (Å²) >= 11 is 0. The van der Waals surface area contributed by atoms with Crippen LogP contribution in [-0.2, 0) is 7.05 Å². The second kappa shape index (κ2) is 6.46. The van der Waals surface area contributed by atoms with Gasteiger partial charge in [-0.25, -0.2) is 13.6 Å². The van der Waals surface area contributed by atoms with E-state index in [4.69, 9.17) is 0 Å². The minimum atomic E-state index is -2.71. The highest BCUT2D eigenvalue weighted by atomic mass is 19.3. The number of halogens is 2. The summed E-state index contributed by atoms with van der Waals surface area (Å²) < 4.78 is 28.7. The van der Waals surface area contributed by atoms with Gasteiger partial charge in [0, 0.05) is 44.1 Å². The zero-order chi connectivity index (χ0) is 18.2. The lowest BCUT2D eigenvalue weighted by Gasteiger charge is -2.36. The van der Waals surface area contributed by atoms with E-state index in [1.54, 1.807) is 17.8 Å². The van der Waals surface area contributed by atoms with Crippen molar-refractivity contribution in [3.63, 3.8) is 0 Å². The molecule has 1 atom stereocenters. The van der Waals surface area contributed by atoms with Crippen molar-refractivity contribution < 1.29 is 13.6 Å². The maximum absolute atomic E-state index is 13.6. The number of hydrogen-bond donors (Lipinski definition) is 1. The highest BCUT2D eigenvalue weighted by Crippen LogP contribution is 2.33. The quantitative estimate of drug-likeness (QED) is 0.895. The molecule has 3 rings (SSSR count). The molecule has 5 nitrogen and oxygen atoms in total. The molecule has 2 aromatic rings. The van der Waals surface area contributed by atoms with Crippen molar-refractivity contribution in [3.8, 4) is 11.3 Å². The van der Waals surface area contributed by atoms with Crippen LogP contribution in [0.3, 0.4) is 0 Å². The minimum Gasteiger partial charge on any atom is -0.324 e. The van der Waals surface area contributed by atoms with Gasteiger partial charge in [0.15, 0.2) is 0 Å². The number of carbonyl (C=O) groups excluding carboxylic acids is 1. The van der Waals surface area contributed by atoms with Crippen molar-refractivity contribution in [2.45, 2.75) is 26.2 Å². The fraction of sp³-hybridized carbons (Fsp3) is 0.444. The smallest absolute Gasteiger partial charge is 0.323 e. The van der Waals surface area contributed by atoms with Gasteiger partial charge in [0.2, 0.25) is 0 Å². The van der Waals surface area contributed by atoms with Crippen LogP contribution in [0.2, 0.25) is 0 Å². The molecule has 134 valence electrons. The maximum atomic E-state index is 13.6. The SMILES string of the molecule is Cc1ccccc1-c1cc(NC(=O)N2CCC(F)(F)C(C)C2)n(C)n1. The van der Waals surface area contributed by atoms with Crippen LogP contribution in [0.4, 0.5) is 19.4 Å². The van der Waals surface area contributed by atoms with E-state index in [1.807, 2.05) is 31.2 Å². The van der Waals surface area contributed by atoms with Crippen molar-refractivity contribution >= 4 is 11.8 Å². The van der Waals surface area contributed by atoms with Crippen LogP contribution >= 0.6 is 0 Å². The highest BCUT2D eigenvalue weighted by Gasteiger charge is 2.42. The van der Waals surface area contributed by atoms with Crippen LogP contribution < -0.4 is 5.32 Å². The van der Waals surface area contributed by atoms with Gasteiger partial charge in [-0.05, 0) is 12.5 Å². The number of hydrogen-bond acceptors (Lipinski definition) is 2. The zero-order valence-corrected chi connectivity index (χ0v) is 14.6. The number of urea groups is 1. The van der Waals surface area contributed by atoms with Gasteiger partial charge in [0.1, 0.15) is 5.82 Å². The molecule has 1 aromatic carbocycles. The topological polar surface area (TPSA) is 50.2 Å². The normalized spacial score (nSPS) is 19.7. The number of nitrogens with zero attached hydrogens (tertiary/aromatic N) is 3. The Morgan fingerprint density at radius 2 is 2.08 bits per heavy atom. The largest absolute Gasteiger partial charge is 0.324 e. The Bertz CT molecular complexity index is 787. The van der Waals surface area contributed by atoms with Gasteiger partial charge in [-0.2, -0.15) is 5.10 Å². The van der Waals surface area contributed by atoms with Crippen molar-refractivity contribution in [3.05, 3.63) is 35.9 Å². The molecule has 1 unspecified atom stereocenters. The summed E-state index contributed by atoms with van der Waals surface area (Å²) in [5, 5.41) is 7.22. The molecule has 1 aliphatic heterocycles. The van der Waals surface area contributed by atoms with E-state index in [0.717, 1.165) is 16.8 Å². The Morgan fingerprint density at radius 3 is 2.76 bits per heavy atom. The maximum Gasteiger partial charge on any atom is 0.323 e. The molecule has 25 heavy (non-hydrogen) atoms. The molecular formula is C18H22F2N4O. The molecule has 1 saturated heterocycles. The first kappa shape index (κ1) is 17.4. The number of benzene rings is 1. The van der Waals surface area contributed by atoms with Crippen molar-refractivity contribution in [2.75, 3.05) is 18.4 Å². The second-order valence-corrected chi connectivity index (χ2v) is 6.64. The van der Waals surface area contributed by atoms with E-state index in [1.165, 1.54) is 11.8 Å². The lowest BCUT2D eigenvalue weighted by atomic mass is 9.96. The molecule has 2 heterocycles. The molecule has 2 amide bonds. The number of piperidine rings is 1. The number of amides is 2. The minimum absolute atomic E-state index is 0.0430. The predicted octanol–water partition coefficient (Wildman–Crippen LogP) is 3.90. The predicted molar refractivity (Wildman–Crippen MR) is 92.7 cm³/mol. The Kier molecular flexibility index (Phi) is 4.49. The van der Waals surface area contributed by atoms with Crippen LogP contribution in [0.5, 0.6) is 0 Å². The molecule has 0 radical (unpaired) electrons. The number of aryl methyl sites for hydroxylation is 2. The number of anilines is 1. The van der Waals surface area contributed by atoms with E-state index in [-0.39, 0.29) is 25.5 Å². The van der Waals surface area contributed by atoms with Gasteiger partial charge >= 0.3 is 6.03 Å². The lowest BCUT2D eigenvalue weighted by Crippen LogP contribution is -2.49. The average molecular weight is 348 g/mol. The standard InChI is InChI=1S/C18H22F2N4O/c1-12-6-4-5-7-14(12)15-10-16(23(3)22-15)21-17(25)24-9-8-18(19,20)13(2)11-24/h4-7,10,13H,8-9,11H2,1-3H3,(H,21,25). The van der Waals surface area contributed by atoms with Crippen LogP contribution in [0, 0.1) is 12.8 Å². The van der Waals surface area contributed by atoms with E-state index < -0.39 is 11.8 Å². The zero-order valence-electron chi connectivity index (χ0n) is 14.6. The number of aromatic nitrogens is 2. The molecule has 1 aromatic heterocycles. The molecule has 1 aliphatic rings. The van der Waals surface area contributed by atoms with Gasteiger partial charge < -0.3 is 4.90 Å². The summed E-state index contributed by atoms with van der Waals surface area (Å²) in [6.45, 7) is 3.56. The summed E-state index contributed by atoms with van der Waals surface area (Å²) in [4.78, 5) is 13.9. The Hall–Kier alpha value is -2.44. The summed E-state index contributed by atoms with van der Waals surface area (Å²) in [6.07, 6.45) is -0.304. The molecule has 1 fully saturated rings. The van der Waals surface area contributed by atoms with Crippen LogP contribution in [-0.4, -0.2) is 39.7 Å². The Morgan fingerprint density at radius 1 is 1.36 bits per heavy atom. The molecule has 7 heteroatoms. The number of carbonyl (C=O) groups is 1. The van der Waals surface area contributed by atoms with Crippen LogP contribution in [0.1, 0.15) is 18.9 Å². The van der Waals surface area contributed by atoms with E-state index in [0.29, 0.717) is 5.82 Å². The van der Waals surface area contributed by atoms with E-state index in [2.05, 4.69) is 10.4 Å². The average Bonchev–Trinajstić information content (AvgIpc) is 2.91. The van der Waals surface area contributed by atoms with Gasteiger partial charge in [-0.15, -0.1) is 0 Å². The van der Waals surface area contributed by atoms with Gasteiger partial charge in [-0.1, -0.05) is 31.2 Å². The van der Waals surface area contributed by atoms with Crippen LogP contribution in [0.15, 0.2) is 30.3 Å². The van der Waals surface area contributed by atoms with Crippen molar-refractivity contribution in [1.29, 1.82) is 0 Å². The third-order valence-electron chi connectivity index (χ3n) is 4.75. The number of nitrogens with one attached hydrogen (secondary N) is 1. The monoisotopic (exact) mass is 348 g/mol. The Labute approximate surface area is 145 Å². The fourth-order valence-corrected chi connectivity index (χ4v) is 3.04. The fourth-order valence-electron chi connectivity index (χ4n) is 3.04. The van der Waals surface area contributed by atoms with Crippen molar-refractivity contribution in [1.82, 2.24) is 14.7 Å². The number of alkyl halides is 2. The third kappa shape index (κ3) is 3.50. The number of likely N-dealkylation sites (tertiary alicyclic amines) is 1. The van der Waals surface area contributed by atoms with Gasteiger partial charge in [0.25, 0.3) is 5.92 Å².